The summed E-state index contributed by atoms with van der Waals surface area (Å²) in [6.45, 7) is 0.177. The first kappa shape index (κ1) is 25.3. The summed E-state index contributed by atoms with van der Waals surface area (Å²) in [5.41, 5.74) is 4.49. The topological polar surface area (TPSA) is 83.7 Å². The molecule has 8 heteroatoms. The number of rotatable bonds is 9. The number of fused-ring (bicyclic) bond motifs is 1. The van der Waals surface area contributed by atoms with Crippen molar-refractivity contribution in [3.05, 3.63) is 100 Å². The second kappa shape index (κ2) is 12.2. The zero-order chi connectivity index (χ0) is 25.3. The fourth-order valence-electron chi connectivity index (χ4n) is 3.57. The Hall–Kier alpha value is -3.80. The zero-order valence-electron chi connectivity index (χ0n) is 19.4. The molecule has 1 N–H and O–H groups in total. The van der Waals surface area contributed by atoms with E-state index < -0.39 is 0 Å². The molecule has 0 radical (unpaired) electrons. The molecular formula is C28H22BrN3O3S. The molecule has 4 aromatic rings. The maximum Gasteiger partial charge on any atom is 0.250 e. The van der Waals surface area contributed by atoms with Crippen molar-refractivity contribution < 1.29 is 14.3 Å². The molecule has 180 valence electrons. The van der Waals surface area contributed by atoms with Crippen LogP contribution in [0.5, 0.6) is 11.5 Å². The Labute approximate surface area is 222 Å². The largest absolute Gasteiger partial charge is 0.493 e. The summed E-state index contributed by atoms with van der Waals surface area (Å²) in [7, 11) is 1.55. The van der Waals surface area contributed by atoms with Crippen molar-refractivity contribution in [2.75, 3.05) is 12.9 Å². The molecule has 0 aliphatic heterocycles. The summed E-state index contributed by atoms with van der Waals surface area (Å²) in [6.07, 6.45) is 1.51. The fraction of sp³-hybridized carbons (Fsp3) is 0.107. The molecule has 4 rings (SSSR count). The van der Waals surface area contributed by atoms with E-state index in [9.17, 15) is 10.1 Å². The molecule has 36 heavy (non-hydrogen) atoms. The summed E-state index contributed by atoms with van der Waals surface area (Å²) in [5, 5.41) is 15.7. The van der Waals surface area contributed by atoms with Crippen molar-refractivity contribution in [3.63, 3.8) is 0 Å². The van der Waals surface area contributed by atoms with Crippen LogP contribution in [0.15, 0.2) is 93.3 Å². The standard InChI is InChI=1S/C28H22BrN3O3S/c1-34-25-14-23(29)13-22(28(25)35-17-21-9-3-2-8-20(21)15-30)16-31-32-27(33)18-36-26-12-6-10-19-7-4-5-11-24(19)26/h2-14,16H,17-18H2,1H3,(H,32,33). The second-order valence-corrected chi connectivity index (χ2v) is 9.58. The van der Waals surface area contributed by atoms with Crippen molar-refractivity contribution >= 4 is 50.6 Å². The number of hydrogen-bond donors (Lipinski definition) is 1. The van der Waals surface area contributed by atoms with Crippen LogP contribution in [0.25, 0.3) is 10.8 Å². The summed E-state index contributed by atoms with van der Waals surface area (Å²) < 4.78 is 12.3. The predicted octanol–water partition coefficient (Wildman–Crippen LogP) is 6.30. The van der Waals surface area contributed by atoms with E-state index in [1.807, 2.05) is 54.6 Å². The van der Waals surface area contributed by atoms with Crippen LogP contribution in [0.3, 0.4) is 0 Å². The lowest BCUT2D eigenvalue weighted by Gasteiger charge is -2.14. The van der Waals surface area contributed by atoms with Gasteiger partial charge >= 0.3 is 0 Å². The molecule has 0 saturated carbocycles. The molecule has 6 nitrogen and oxygen atoms in total. The highest BCUT2D eigenvalue weighted by molar-refractivity contribution is 9.10. The number of methoxy groups -OCH3 is 1. The van der Waals surface area contributed by atoms with Gasteiger partial charge in [0.25, 0.3) is 0 Å². The highest BCUT2D eigenvalue weighted by Crippen LogP contribution is 2.35. The van der Waals surface area contributed by atoms with Crippen molar-refractivity contribution in [3.8, 4) is 17.6 Å². The maximum absolute atomic E-state index is 12.5. The van der Waals surface area contributed by atoms with Crippen molar-refractivity contribution in [1.82, 2.24) is 5.43 Å². The van der Waals surface area contributed by atoms with Gasteiger partial charge in [-0.05, 0) is 35.0 Å². The number of halogens is 1. The van der Waals surface area contributed by atoms with E-state index in [2.05, 4.69) is 44.7 Å². The van der Waals surface area contributed by atoms with Gasteiger partial charge < -0.3 is 9.47 Å². The summed E-state index contributed by atoms with van der Waals surface area (Å²) in [6, 6.07) is 27.1. The second-order valence-electron chi connectivity index (χ2n) is 7.64. The smallest absolute Gasteiger partial charge is 0.250 e. The van der Waals surface area contributed by atoms with E-state index in [1.54, 1.807) is 19.2 Å². The number of hydrogen-bond acceptors (Lipinski definition) is 6. The van der Waals surface area contributed by atoms with Crippen LogP contribution >= 0.6 is 27.7 Å². The molecule has 0 aromatic heterocycles. The molecule has 0 fully saturated rings. The minimum atomic E-state index is -0.225. The number of benzene rings is 4. The molecule has 0 unspecified atom stereocenters. The van der Waals surface area contributed by atoms with Crippen molar-refractivity contribution in [1.29, 1.82) is 5.26 Å². The molecule has 0 heterocycles. The minimum absolute atomic E-state index is 0.177. The summed E-state index contributed by atoms with van der Waals surface area (Å²) in [4.78, 5) is 13.5. The Balaban J connectivity index is 1.44. The van der Waals surface area contributed by atoms with Crippen molar-refractivity contribution in [2.24, 2.45) is 5.10 Å². The van der Waals surface area contributed by atoms with E-state index in [0.717, 1.165) is 25.7 Å². The Bertz CT molecular complexity index is 1460. The van der Waals surface area contributed by atoms with Gasteiger partial charge in [-0.1, -0.05) is 70.5 Å². The number of nitrogens with zero attached hydrogens (tertiary/aromatic N) is 2. The van der Waals surface area contributed by atoms with Gasteiger partial charge in [-0.3, -0.25) is 4.79 Å². The average molecular weight is 560 g/mol. The van der Waals surface area contributed by atoms with Gasteiger partial charge in [0.15, 0.2) is 11.5 Å². The first-order chi connectivity index (χ1) is 17.6. The third-order valence-corrected chi connectivity index (χ3v) is 6.81. The number of ether oxygens (including phenoxy) is 2. The van der Waals surface area contributed by atoms with Crippen LogP contribution in [0.4, 0.5) is 0 Å². The lowest BCUT2D eigenvalue weighted by Crippen LogP contribution is -2.19. The van der Waals surface area contributed by atoms with Gasteiger partial charge in [0.2, 0.25) is 5.91 Å². The molecule has 0 bridgehead atoms. The average Bonchev–Trinajstić information content (AvgIpc) is 2.91. The summed E-state index contributed by atoms with van der Waals surface area (Å²) in [5.74, 6) is 0.952. The van der Waals surface area contributed by atoms with E-state index >= 15 is 0 Å². The SMILES string of the molecule is COc1cc(Br)cc(C=NNC(=O)CSc2cccc3ccccc23)c1OCc1ccccc1C#N. The van der Waals surface area contributed by atoms with Gasteiger partial charge in [0.1, 0.15) is 6.61 Å². The first-order valence-electron chi connectivity index (χ1n) is 11.0. The lowest BCUT2D eigenvalue weighted by molar-refractivity contribution is -0.118. The minimum Gasteiger partial charge on any atom is -0.493 e. The molecular weight excluding hydrogens is 538 g/mol. The molecule has 4 aromatic carbocycles. The van der Waals surface area contributed by atoms with Crippen LogP contribution < -0.4 is 14.9 Å². The predicted molar refractivity (Wildman–Crippen MR) is 147 cm³/mol. The molecule has 0 spiro atoms. The van der Waals surface area contributed by atoms with Crippen LogP contribution in [0, 0.1) is 11.3 Å². The maximum atomic E-state index is 12.5. The lowest BCUT2D eigenvalue weighted by atomic mass is 10.1. The van der Waals surface area contributed by atoms with E-state index in [-0.39, 0.29) is 18.3 Å². The number of thioether (sulfide) groups is 1. The van der Waals surface area contributed by atoms with E-state index in [0.29, 0.717) is 22.6 Å². The molecule has 0 aliphatic rings. The number of nitriles is 1. The Morgan fingerprint density at radius 1 is 1.11 bits per heavy atom. The van der Waals surface area contributed by atoms with Gasteiger partial charge in [0.05, 0.1) is 30.7 Å². The Morgan fingerprint density at radius 2 is 1.89 bits per heavy atom. The highest BCUT2D eigenvalue weighted by atomic mass is 79.9. The molecule has 0 aliphatic carbocycles. The van der Waals surface area contributed by atoms with Gasteiger partial charge in [-0.15, -0.1) is 11.8 Å². The summed E-state index contributed by atoms with van der Waals surface area (Å²) >= 11 is 4.93. The quantitative estimate of drug-likeness (QED) is 0.148. The number of carbonyl (C=O) groups is 1. The third kappa shape index (κ3) is 6.25. The van der Waals surface area contributed by atoms with E-state index in [1.165, 1.54) is 18.0 Å². The first-order valence-corrected chi connectivity index (χ1v) is 12.8. The highest BCUT2D eigenvalue weighted by Gasteiger charge is 2.13. The fourth-order valence-corrected chi connectivity index (χ4v) is 4.89. The van der Waals surface area contributed by atoms with Gasteiger partial charge in [-0.25, -0.2) is 5.43 Å². The molecule has 0 saturated heterocycles. The van der Waals surface area contributed by atoms with Crippen molar-refractivity contribution in [2.45, 2.75) is 11.5 Å². The normalized spacial score (nSPS) is 10.8. The number of amides is 1. The van der Waals surface area contributed by atoms with Crippen LogP contribution in [-0.2, 0) is 11.4 Å². The molecule has 1 amide bonds. The van der Waals surface area contributed by atoms with Gasteiger partial charge in [0, 0.05) is 20.5 Å². The van der Waals surface area contributed by atoms with E-state index in [4.69, 9.17) is 9.47 Å². The zero-order valence-corrected chi connectivity index (χ0v) is 21.8. The number of nitrogens with one attached hydrogen (secondary N) is 1. The monoisotopic (exact) mass is 559 g/mol. The van der Waals surface area contributed by atoms with Crippen LogP contribution in [0.2, 0.25) is 0 Å². The number of hydrazone groups is 1. The van der Waals surface area contributed by atoms with Crippen LogP contribution in [-0.4, -0.2) is 25.0 Å². The Kier molecular flexibility index (Phi) is 8.61. The van der Waals surface area contributed by atoms with Crippen LogP contribution in [0.1, 0.15) is 16.7 Å². The Morgan fingerprint density at radius 3 is 2.72 bits per heavy atom. The number of carbonyl (C=O) groups excluding carboxylic acids is 1. The third-order valence-electron chi connectivity index (χ3n) is 5.28. The molecule has 0 atom stereocenters. The van der Waals surface area contributed by atoms with Gasteiger partial charge in [-0.2, -0.15) is 10.4 Å².